The van der Waals surface area contributed by atoms with Crippen molar-refractivity contribution in [2.24, 2.45) is 0 Å². The number of methoxy groups -OCH3 is 1. The van der Waals surface area contributed by atoms with Gasteiger partial charge in [0.15, 0.2) is 0 Å². The monoisotopic (exact) mass is 212 g/mol. The zero-order valence-corrected chi connectivity index (χ0v) is 9.18. The van der Waals surface area contributed by atoms with Crippen LogP contribution in [0.25, 0.3) is 0 Å². The van der Waals surface area contributed by atoms with Gasteiger partial charge in [0.05, 0.1) is 7.11 Å². The van der Waals surface area contributed by atoms with Crippen molar-refractivity contribution in [1.29, 1.82) is 0 Å². The van der Waals surface area contributed by atoms with Crippen molar-refractivity contribution in [1.82, 2.24) is 0 Å². The van der Waals surface area contributed by atoms with Gasteiger partial charge >= 0.3 is 5.97 Å². The molecule has 1 aromatic rings. The molecular weight excluding hydrogens is 200 g/mol. The molecule has 0 aliphatic carbocycles. The summed E-state index contributed by atoms with van der Waals surface area (Å²) in [6, 6.07) is 1.78. The average Bonchev–Trinajstić information content (AvgIpc) is 2.65. The van der Waals surface area contributed by atoms with Crippen LogP contribution in [0.1, 0.15) is 29.1 Å². The summed E-state index contributed by atoms with van der Waals surface area (Å²) < 4.78 is 4.63. The molecule has 0 aromatic carbocycles. The Morgan fingerprint density at radius 2 is 2.21 bits per heavy atom. The van der Waals surface area contributed by atoms with E-state index in [9.17, 15) is 9.59 Å². The highest BCUT2D eigenvalue weighted by atomic mass is 32.1. The average molecular weight is 212 g/mol. The Hall–Kier alpha value is -1.16. The highest BCUT2D eigenvalue weighted by Gasteiger charge is 2.27. The first-order chi connectivity index (χ1) is 6.53. The number of rotatable bonds is 3. The van der Waals surface area contributed by atoms with Crippen molar-refractivity contribution in [2.75, 3.05) is 7.11 Å². The van der Waals surface area contributed by atoms with Crippen LogP contribution in [0, 0.1) is 0 Å². The molecular formula is C10H12O3S. The lowest BCUT2D eigenvalue weighted by Crippen LogP contribution is -2.21. The standard InChI is InChI=1S/C10H12O3S/c1-10(2,6-11)7-4-5-14-8(7)9(12)13-3/h4-6H,1-3H3. The molecule has 0 spiro atoms. The van der Waals surface area contributed by atoms with Crippen LogP contribution in [-0.4, -0.2) is 19.4 Å². The predicted molar refractivity (Wildman–Crippen MR) is 54.7 cm³/mol. The highest BCUT2D eigenvalue weighted by molar-refractivity contribution is 7.12. The molecule has 1 aromatic heterocycles. The van der Waals surface area contributed by atoms with E-state index in [4.69, 9.17) is 0 Å². The third kappa shape index (κ3) is 1.85. The molecule has 1 rings (SSSR count). The first-order valence-electron chi connectivity index (χ1n) is 4.15. The molecule has 0 bridgehead atoms. The lowest BCUT2D eigenvalue weighted by atomic mass is 9.87. The van der Waals surface area contributed by atoms with Gasteiger partial charge in [-0.1, -0.05) is 0 Å². The molecule has 0 radical (unpaired) electrons. The van der Waals surface area contributed by atoms with E-state index < -0.39 is 5.41 Å². The van der Waals surface area contributed by atoms with Gasteiger partial charge in [0.2, 0.25) is 0 Å². The quantitative estimate of drug-likeness (QED) is 0.568. The zero-order valence-electron chi connectivity index (χ0n) is 8.37. The molecule has 0 N–H and O–H groups in total. The predicted octanol–water partition coefficient (Wildman–Crippen LogP) is 2.01. The molecule has 0 saturated carbocycles. The van der Waals surface area contributed by atoms with Crippen molar-refractivity contribution in [3.8, 4) is 0 Å². The normalized spacial score (nSPS) is 11.1. The number of aldehydes is 1. The van der Waals surface area contributed by atoms with Crippen molar-refractivity contribution >= 4 is 23.6 Å². The minimum absolute atomic E-state index is 0.384. The third-order valence-corrected chi connectivity index (χ3v) is 2.92. The van der Waals surface area contributed by atoms with Crippen molar-refractivity contribution in [3.05, 3.63) is 21.9 Å². The Morgan fingerprint density at radius 1 is 1.57 bits per heavy atom. The summed E-state index contributed by atoms with van der Waals surface area (Å²) in [5.41, 5.74) is 0.0909. The Kier molecular flexibility index (Phi) is 3.06. The van der Waals surface area contributed by atoms with Crippen LogP contribution < -0.4 is 0 Å². The van der Waals surface area contributed by atoms with Crippen LogP contribution in [-0.2, 0) is 14.9 Å². The molecule has 4 heteroatoms. The number of thiophene rings is 1. The molecule has 0 aliphatic rings. The van der Waals surface area contributed by atoms with E-state index in [1.54, 1.807) is 25.3 Å². The second kappa shape index (κ2) is 3.92. The molecule has 14 heavy (non-hydrogen) atoms. The summed E-state index contributed by atoms with van der Waals surface area (Å²) in [7, 11) is 1.33. The molecule has 1 heterocycles. The van der Waals surface area contributed by atoms with Crippen molar-refractivity contribution in [3.63, 3.8) is 0 Å². The summed E-state index contributed by atoms with van der Waals surface area (Å²) in [6.45, 7) is 3.54. The van der Waals surface area contributed by atoms with Gasteiger partial charge in [-0.15, -0.1) is 11.3 Å². The van der Waals surface area contributed by atoms with E-state index in [2.05, 4.69) is 4.74 Å². The molecule has 0 unspecified atom stereocenters. The van der Waals surface area contributed by atoms with Crippen LogP contribution in [0.3, 0.4) is 0 Å². The van der Waals surface area contributed by atoms with Crippen LogP contribution in [0.4, 0.5) is 0 Å². The maximum Gasteiger partial charge on any atom is 0.348 e. The molecule has 0 saturated heterocycles. The fraction of sp³-hybridized carbons (Fsp3) is 0.400. The van der Waals surface area contributed by atoms with Crippen LogP contribution in [0.15, 0.2) is 11.4 Å². The Bertz CT molecular complexity index is 352. The molecule has 76 valence electrons. The molecule has 0 aliphatic heterocycles. The topological polar surface area (TPSA) is 43.4 Å². The molecule has 0 fully saturated rings. The summed E-state index contributed by atoms with van der Waals surface area (Å²) in [6.07, 6.45) is 0.835. The van der Waals surface area contributed by atoms with Crippen LogP contribution in [0.5, 0.6) is 0 Å². The minimum atomic E-state index is -0.635. The second-order valence-corrected chi connectivity index (χ2v) is 4.41. The molecule has 0 amide bonds. The zero-order chi connectivity index (χ0) is 10.8. The smallest absolute Gasteiger partial charge is 0.348 e. The fourth-order valence-electron chi connectivity index (χ4n) is 1.13. The first kappa shape index (κ1) is 10.9. The molecule has 3 nitrogen and oxygen atoms in total. The number of carbonyl (C=O) groups excluding carboxylic acids is 2. The van der Waals surface area contributed by atoms with Crippen molar-refractivity contribution in [2.45, 2.75) is 19.3 Å². The van der Waals surface area contributed by atoms with Gasteiger partial charge in [0.1, 0.15) is 11.2 Å². The third-order valence-electron chi connectivity index (χ3n) is 2.02. The van der Waals surface area contributed by atoms with Crippen molar-refractivity contribution < 1.29 is 14.3 Å². The summed E-state index contributed by atoms with van der Waals surface area (Å²) in [5, 5.41) is 1.78. The Balaban J connectivity index is 3.17. The van der Waals surface area contributed by atoms with E-state index in [0.29, 0.717) is 4.88 Å². The lowest BCUT2D eigenvalue weighted by molar-refractivity contribution is -0.111. The number of hydrogen-bond acceptors (Lipinski definition) is 4. The largest absolute Gasteiger partial charge is 0.465 e. The maximum atomic E-state index is 11.3. The number of hydrogen-bond donors (Lipinski definition) is 0. The van der Waals surface area contributed by atoms with Gasteiger partial charge in [-0.3, -0.25) is 0 Å². The van der Waals surface area contributed by atoms with Gasteiger partial charge < -0.3 is 9.53 Å². The van der Waals surface area contributed by atoms with Crippen LogP contribution >= 0.6 is 11.3 Å². The Morgan fingerprint density at radius 3 is 2.71 bits per heavy atom. The lowest BCUT2D eigenvalue weighted by Gasteiger charge is -2.16. The first-order valence-corrected chi connectivity index (χ1v) is 5.03. The minimum Gasteiger partial charge on any atom is -0.465 e. The SMILES string of the molecule is COC(=O)c1sccc1C(C)(C)C=O. The maximum absolute atomic E-state index is 11.3. The van der Waals surface area contributed by atoms with Gasteiger partial charge in [-0.05, 0) is 30.9 Å². The summed E-state index contributed by atoms with van der Waals surface area (Å²) >= 11 is 1.29. The van der Waals surface area contributed by atoms with E-state index in [-0.39, 0.29) is 5.97 Å². The van der Waals surface area contributed by atoms with Gasteiger partial charge in [0.25, 0.3) is 0 Å². The van der Waals surface area contributed by atoms with Crippen LogP contribution in [0.2, 0.25) is 0 Å². The highest BCUT2D eigenvalue weighted by Crippen LogP contribution is 2.28. The van der Waals surface area contributed by atoms with E-state index in [0.717, 1.165) is 11.8 Å². The Labute approximate surface area is 86.7 Å². The fourth-order valence-corrected chi connectivity index (χ4v) is 2.11. The van der Waals surface area contributed by atoms with E-state index >= 15 is 0 Å². The number of carbonyl (C=O) groups is 2. The van der Waals surface area contributed by atoms with E-state index in [1.807, 2.05) is 0 Å². The molecule has 0 atom stereocenters. The van der Waals surface area contributed by atoms with Gasteiger partial charge in [0, 0.05) is 5.41 Å². The number of ether oxygens (including phenoxy) is 1. The summed E-state index contributed by atoms with van der Waals surface area (Å²) in [5.74, 6) is -0.384. The second-order valence-electron chi connectivity index (χ2n) is 3.49. The van der Waals surface area contributed by atoms with E-state index in [1.165, 1.54) is 18.4 Å². The van der Waals surface area contributed by atoms with Gasteiger partial charge in [-0.2, -0.15) is 0 Å². The van der Waals surface area contributed by atoms with Gasteiger partial charge in [-0.25, -0.2) is 4.79 Å². The number of esters is 1. The summed E-state index contributed by atoms with van der Waals surface area (Å²) in [4.78, 5) is 22.7.